The Balaban J connectivity index is 1.60. The summed E-state index contributed by atoms with van der Waals surface area (Å²) in [6, 6.07) is 20.7. The van der Waals surface area contributed by atoms with Crippen molar-refractivity contribution in [1.29, 1.82) is 0 Å². The minimum Gasteiger partial charge on any atom is -0.487 e. The van der Waals surface area contributed by atoms with Gasteiger partial charge in [0.15, 0.2) is 0 Å². The summed E-state index contributed by atoms with van der Waals surface area (Å²) in [6.07, 6.45) is 2.17. The van der Waals surface area contributed by atoms with Crippen molar-refractivity contribution < 1.29 is 4.74 Å². The standard InChI is InChI=1S/C24H19BrClN3O2/c1-2-23-28-21-10-9-18(25)13-19(21)24(30)29(23)27-14-17-8-11-22(20(26)12-17)31-15-16-6-4-3-5-7-16/h3-14H,2,15H2,1H3. The number of hydrogen-bond donors (Lipinski definition) is 0. The van der Waals surface area contributed by atoms with Crippen LogP contribution in [-0.2, 0) is 13.0 Å². The van der Waals surface area contributed by atoms with Gasteiger partial charge in [-0.3, -0.25) is 4.79 Å². The largest absolute Gasteiger partial charge is 0.487 e. The zero-order chi connectivity index (χ0) is 21.8. The number of benzene rings is 3. The lowest BCUT2D eigenvalue weighted by atomic mass is 10.2. The molecule has 4 rings (SSSR count). The molecule has 0 aliphatic rings. The van der Waals surface area contributed by atoms with Gasteiger partial charge >= 0.3 is 0 Å². The number of aromatic nitrogens is 2. The maximum Gasteiger partial charge on any atom is 0.282 e. The van der Waals surface area contributed by atoms with Crippen LogP contribution in [0.4, 0.5) is 0 Å². The summed E-state index contributed by atoms with van der Waals surface area (Å²) in [6.45, 7) is 2.37. The smallest absolute Gasteiger partial charge is 0.282 e. The summed E-state index contributed by atoms with van der Waals surface area (Å²) in [7, 11) is 0. The van der Waals surface area contributed by atoms with Crippen molar-refractivity contribution in [2.24, 2.45) is 5.10 Å². The molecule has 7 heteroatoms. The van der Waals surface area contributed by atoms with Crippen LogP contribution in [0.15, 0.2) is 81.1 Å². The van der Waals surface area contributed by atoms with Crippen LogP contribution >= 0.6 is 27.5 Å². The zero-order valence-corrected chi connectivity index (χ0v) is 19.1. The Morgan fingerprint density at radius 2 is 1.94 bits per heavy atom. The van der Waals surface area contributed by atoms with Gasteiger partial charge in [0.25, 0.3) is 5.56 Å². The second-order valence-corrected chi connectivity index (χ2v) is 8.19. The maximum absolute atomic E-state index is 13.0. The van der Waals surface area contributed by atoms with E-state index in [0.29, 0.717) is 40.5 Å². The number of halogens is 2. The second kappa shape index (κ2) is 9.45. The highest BCUT2D eigenvalue weighted by atomic mass is 79.9. The van der Waals surface area contributed by atoms with E-state index in [9.17, 15) is 4.79 Å². The van der Waals surface area contributed by atoms with Gasteiger partial charge in [-0.25, -0.2) is 4.98 Å². The molecule has 0 unspecified atom stereocenters. The predicted molar refractivity (Wildman–Crippen MR) is 128 cm³/mol. The van der Waals surface area contributed by atoms with Crippen LogP contribution in [0.5, 0.6) is 5.75 Å². The highest BCUT2D eigenvalue weighted by Crippen LogP contribution is 2.26. The van der Waals surface area contributed by atoms with Crippen molar-refractivity contribution in [3.8, 4) is 5.75 Å². The number of ether oxygens (including phenoxy) is 1. The highest BCUT2D eigenvalue weighted by molar-refractivity contribution is 9.10. The van der Waals surface area contributed by atoms with E-state index in [1.54, 1.807) is 24.4 Å². The molecule has 1 heterocycles. The molecule has 0 amide bonds. The molecule has 4 aromatic rings. The Bertz CT molecular complexity index is 1320. The molecular weight excluding hydrogens is 478 g/mol. The van der Waals surface area contributed by atoms with Crippen molar-refractivity contribution in [2.75, 3.05) is 0 Å². The fraction of sp³-hybridized carbons (Fsp3) is 0.125. The highest BCUT2D eigenvalue weighted by Gasteiger charge is 2.10. The molecule has 0 fully saturated rings. The molecule has 5 nitrogen and oxygen atoms in total. The van der Waals surface area contributed by atoms with Crippen molar-refractivity contribution in [3.05, 3.63) is 104 Å². The van der Waals surface area contributed by atoms with E-state index in [1.165, 1.54) is 4.68 Å². The monoisotopic (exact) mass is 495 g/mol. The lowest BCUT2D eigenvalue weighted by Crippen LogP contribution is -2.22. The maximum atomic E-state index is 13.0. The third-order valence-corrected chi connectivity index (χ3v) is 5.50. The molecule has 0 atom stereocenters. The average molecular weight is 497 g/mol. The van der Waals surface area contributed by atoms with E-state index in [0.717, 1.165) is 15.6 Å². The Hall–Kier alpha value is -2.96. The number of fused-ring (bicyclic) bond motifs is 1. The Kier molecular flexibility index (Phi) is 6.49. The molecule has 0 aliphatic carbocycles. The fourth-order valence-corrected chi connectivity index (χ4v) is 3.72. The summed E-state index contributed by atoms with van der Waals surface area (Å²) in [4.78, 5) is 17.5. The molecule has 0 aliphatic heterocycles. The zero-order valence-electron chi connectivity index (χ0n) is 16.8. The average Bonchev–Trinajstić information content (AvgIpc) is 2.78. The van der Waals surface area contributed by atoms with Gasteiger partial charge in [-0.2, -0.15) is 9.78 Å². The fourth-order valence-electron chi connectivity index (χ4n) is 3.12. The lowest BCUT2D eigenvalue weighted by Gasteiger charge is -2.09. The molecule has 31 heavy (non-hydrogen) atoms. The predicted octanol–water partition coefficient (Wildman–Crippen LogP) is 5.84. The van der Waals surface area contributed by atoms with E-state index < -0.39 is 0 Å². The third-order valence-electron chi connectivity index (χ3n) is 4.71. The first-order chi connectivity index (χ1) is 15.0. The normalized spacial score (nSPS) is 11.3. The Labute approximate surface area is 193 Å². The quantitative estimate of drug-likeness (QED) is 0.315. The molecule has 1 aromatic heterocycles. The first-order valence-electron chi connectivity index (χ1n) is 9.77. The van der Waals surface area contributed by atoms with E-state index in [1.807, 2.05) is 55.5 Å². The van der Waals surface area contributed by atoms with Crippen molar-refractivity contribution in [3.63, 3.8) is 0 Å². The summed E-state index contributed by atoms with van der Waals surface area (Å²) in [5.74, 6) is 1.18. The molecule has 3 aromatic carbocycles. The van der Waals surface area contributed by atoms with Gasteiger partial charge in [0.05, 0.1) is 22.1 Å². The van der Waals surface area contributed by atoms with Crippen LogP contribution in [0.1, 0.15) is 23.9 Å². The number of nitrogens with zero attached hydrogens (tertiary/aromatic N) is 3. The summed E-state index contributed by atoms with van der Waals surface area (Å²) in [5, 5.41) is 5.37. The van der Waals surface area contributed by atoms with E-state index in [2.05, 4.69) is 26.0 Å². The number of aryl methyl sites for hydroxylation is 1. The topological polar surface area (TPSA) is 56.5 Å². The minimum atomic E-state index is -0.215. The van der Waals surface area contributed by atoms with E-state index in [-0.39, 0.29) is 5.56 Å². The summed E-state index contributed by atoms with van der Waals surface area (Å²) >= 11 is 9.79. The van der Waals surface area contributed by atoms with Crippen LogP contribution in [0.2, 0.25) is 5.02 Å². The van der Waals surface area contributed by atoms with Gasteiger partial charge in [0, 0.05) is 10.9 Å². The summed E-state index contributed by atoms with van der Waals surface area (Å²) < 4.78 is 7.96. The van der Waals surface area contributed by atoms with Crippen LogP contribution in [0.25, 0.3) is 10.9 Å². The van der Waals surface area contributed by atoms with Gasteiger partial charge in [-0.05, 0) is 47.5 Å². The molecule has 0 radical (unpaired) electrons. The van der Waals surface area contributed by atoms with Crippen LogP contribution in [0.3, 0.4) is 0 Å². The molecule has 0 bridgehead atoms. The van der Waals surface area contributed by atoms with Gasteiger partial charge in [0.2, 0.25) is 0 Å². The molecule has 0 saturated carbocycles. The van der Waals surface area contributed by atoms with Gasteiger partial charge < -0.3 is 4.74 Å². The van der Waals surface area contributed by atoms with Gasteiger partial charge in [-0.15, -0.1) is 0 Å². The van der Waals surface area contributed by atoms with Crippen LogP contribution in [-0.4, -0.2) is 15.9 Å². The first kappa shape index (κ1) is 21.3. The molecule has 0 saturated heterocycles. The van der Waals surface area contributed by atoms with Crippen LogP contribution in [0, 0.1) is 0 Å². The molecular formula is C24H19BrClN3O2. The van der Waals surface area contributed by atoms with Gasteiger partial charge in [0.1, 0.15) is 18.2 Å². The SMILES string of the molecule is CCc1nc2ccc(Br)cc2c(=O)n1N=Cc1ccc(OCc2ccccc2)c(Cl)c1. The van der Waals surface area contributed by atoms with Crippen LogP contribution < -0.4 is 10.3 Å². The van der Waals surface area contributed by atoms with Crippen molar-refractivity contribution in [2.45, 2.75) is 20.0 Å². The van der Waals surface area contributed by atoms with E-state index >= 15 is 0 Å². The second-order valence-electron chi connectivity index (χ2n) is 6.87. The Morgan fingerprint density at radius 1 is 1.13 bits per heavy atom. The molecule has 0 spiro atoms. The molecule has 0 N–H and O–H groups in total. The Morgan fingerprint density at radius 3 is 2.68 bits per heavy atom. The van der Waals surface area contributed by atoms with Crippen molar-refractivity contribution in [1.82, 2.24) is 9.66 Å². The van der Waals surface area contributed by atoms with Crippen molar-refractivity contribution >= 4 is 44.6 Å². The third kappa shape index (κ3) is 4.86. The number of hydrogen-bond acceptors (Lipinski definition) is 4. The van der Waals surface area contributed by atoms with E-state index in [4.69, 9.17) is 16.3 Å². The van der Waals surface area contributed by atoms with Gasteiger partial charge in [-0.1, -0.05) is 64.8 Å². The minimum absolute atomic E-state index is 0.215. The molecule has 156 valence electrons. The lowest BCUT2D eigenvalue weighted by molar-refractivity contribution is 0.306. The first-order valence-corrected chi connectivity index (χ1v) is 10.9. The number of rotatable bonds is 6. The summed E-state index contributed by atoms with van der Waals surface area (Å²) in [5.41, 5.74) is 2.25.